The monoisotopic (exact) mass is 460 g/mol. The topological polar surface area (TPSA) is 88.7 Å². The van der Waals surface area contributed by atoms with Gasteiger partial charge in [-0.1, -0.05) is 6.07 Å². The van der Waals surface area contributed by atoms with Crippen LogP contribution in [-0.4, -0.2) is 57.6 Å². The van der Waals surface area contributed by atoms with E-state index in [1.54, 1.807) is 11.0 Å². The quantitative estimate of drug-likeness (QED) is 0.600. The van der Waals surface area contributed by atoms with Gasteiger partial charge >= 0.3 is 6.18 Å². The van der Waals surface area contributed by atoms with E-state index < -0.39 is 28.8 Å². The third kappa shape index (κ3) is 4.52. The van der Waals surface area contributed by atoms with Gasteiger partial charge in [0.15, 0.2) is 5.69 Å². The Labute approximate surface area is 185 Å². The molecular weight excluding hydrogens is 441 g/mol. The first-order valence-electron chi connectivity index (χ1n) is 10.0. The van der Waals surface area contributed by atoms with Gasteiger partial charge in [0.2, 0.25) is 5.43 Å². The molecule has 0 N–H and O–H groups in total. The number of furan rings is 1. The summed E-state index contributed by atoms with van der Waals surface area (Å²) in [6.45, 7) is 2.39. The highest BCUT2D eigenvalue weighted by atomic mass is 19.4. The molecule has 0 spiro atoms. The molecule has 0 atom stereocenters. The lowest BCUT2D eigenvalue weighted by atomic mass is 10.2. The summed E-state index contributed by atoms with van der Waals surface area (Å²) in [5.41, 5.74) is -1.13. The van der Waals surface area contributed by atoms with Crippen molar-refractivity contribution in [3.05, 3.63) is 81.7 Å². The minimum Gasteiger partial charge on any atom is -0.472 e. The van der Waals surface area contributed by atoms with Crippen molar-refractivity contribution < 1.29 is 27.2 Å². The first-order chi connectivity index (χ1) is 15.6. The number of carbonyl (C=O) groups excluding carboxylic acids is 2. The summed E-state index contributed by atoms with van der Waals surface area (Å²) in [6.07, 6.45) is -1.81. The Hall–Kier alpha value is -3.89. The number of halogens is 3. The van der Waals surface area contributed by atoms with Crippen LogP contribution in [0, 0.1) is 6.92 Å². The summed E-state index contributed by atoms with van der Waals surface area (Å²) in [4.78, 5) is 40.9. The number of benzene rings is 1. The molecule has 4 rings (SSSR count). The van der Waals surface area contributed by atoms with E-state index in [2.05, 4.69) is 5.10 Å². The SMILES string of the molecule is Cc1cc(=O)c(C(=O)N2CCN(C(=O)c3ccoc3)CC2)nn1-c1cccc(C(F)(F)F)c1. The van der Waals surface area contributed by atoms with Crippen LogP contribution >= 0.6 is 0 Å². The number of nitrogens with zero attached hydrogens (tertiary/aromatic N) is 4. The highest BCUT2D eigenvalue weighted by Crippen LogP contribution is 2.30. The minimum atomic E-state index is -4.55. The normalized spacial score (nSPS) is 14.4. The summed E-state index contributed by atoms with van der Waals surface area (Å²) in [6, 6.07) is 7.19. The lowest BCUT2D eigenvalue weighted by Crippen LogP contribution is -2.51. The Morgan fingerprint density at radius 2 is 1.67 bits per heavy atom. The van der Waals surface area contributed by atoms with Gasteiger partial charge in [-0.15, -0.1) is 0 Å². The molecule has 3 heterocycles. The van der Waals surface area contributed by atoms with Crippen LogP contribution in [-0.2, 0) is 6.18 Å². The third-order valence-corrected chi connectivity index (χ3v) is 5.35. The molecule has 1 saturated heterocycles. The van der Waals surface area contributed by atoms with Crippen LogP contribution in [0.4, 0.5) is 13.2 Å². The summed E-state index contributed by atoms with van der Waals surface area (Å²) >= 11 is 0. The molecular formula is C22H19F3N4O4. The molecule has 1 aromatic carbocycles. The smallest absolute Gasteiger partial charge is 0.416 e. The number of rotatable bonds is 3. The second-order valence-electron chi connectivity index (χ2n) is 7.55. The number of carbonyl (C=O) groups is 2. The second-order valence-corrected chi connectivity index (χ2v) is 7.55. The number of hydrogen-bond acceptors (Lipinski definition) is 5. The van der Waals surface area contributed by atoms with Crippen molar-refractivity contribution in [3.63, 3.8) is 0 Å². The lowest BCUT2D eigenvalue weighted by Gasteiger charge is -2.34. The van der Waals surface area contributed by atoms with E-state index in [9.17, 15) is 27.6 Å². The van der Waals surface area contributed by atoms with E-state index >= 15 is 0 Å². The molecule has 0 aliphatic carbocycles. The second kappa shape index (κ2) is 8.57. The predicted octanol–water partition coefficient (Wildman–Crippen LogP) is 2.75. The van der Waals surface area contributed by atoms with Crippen LogP contribution in [0.3, 0.4) is 0 Å². The first-order valence-corrected chi connectivity index (χ1v) is 10.0. The van der Waals surface area contributed by atoms with E-state index in [0.29, 0.717) is 5.56 Å². The van der Waals surface area contributed by atoms with Gasteiger partial charge in [-0.3, -0.25) is 14.4 Å². The van der Waals surface area contributed by atoms with E-state index in [1.165, 1.54) is 42.5 Å². The van der Waals surface area contributed by atoms with E-state index in [-0.39, 0.29) is 43.5 Å². The zero-order valence-electron chi connectivity index (χ0n) is 17.5. The van der Waals surface area contributed by atoms with Crippen LogP contribution in [0.15, 0.2) is 58.1 Å². The highest BCUT2D eigenvalue weighted by Gasteiger charge is 2.31. The molecule has 11 heteroatoms. The van der Waals surface area contributed by atoms with Crippen molar-refractivity contribution >= 4 is 11.8 Å². The molecule has 3 aromatic rings. The van der Waals surface area contributed by atoms with Gasteiger partial charge in [-0.25, -0.2) is 4.68 Å². The number of piperazine rings is 1. The Balaban J connectivity index is 1.56. The van der Waals surface area contributed by atoms with Crippen LogP contribution in [0.1, 0.15) is 32.1 Å². The van der Waals surface area contributed by atoms with Gasteiger partial charge in [0.25, 0.3) is 11.8 Å². The Morgan fingerprint density at radius 3 is 2.27 bits per heavy atom. The van der Waals surface area contributed by atoms with Crippen LogP contribution in [0.2, 0.25) is 0 Å². The number of aromatic nitrogens is 2. The Kier molecular flexibility index (Phi) is 5.79. The Morgan fingerprint density at radius 1 is 1.00 bits per heavy atom. The van der Waals surface area contributed by atoms with Crippen molar-refractivity contribution in [2.75, 3.05) is 26.2 Å². The van der Waals surface area contributed by atoms with Gasteiger partial charge in [0, 0.05) is 37.9 Å². The Bertz CT molecular complexity index is 1240. The number of amides is 2. The lowest BCUT2D eigenvalue weighted by molar-refractivity contribution is -0.137. The fourth-order valence-corrected chi connectivity index (χ4v) is 3.60. The molecule has 1 aliphatic rings. The zero-order chi connectivity index (χ0) is 23.8. The molecule has 33 heavy (non-hydrogen) atoms. The van der Waals surface area contributed by atoms with Crippen LogP contribution < -0.4 is 5.43 Å². The molecule has 2 amide bonds. The van der Waals surface area contributed by atoms with Crippen molar-refractivity contribution in [2.45, 2.75) is 13.1 Å². The maximum atomic E-state index is 13.1. The fourth-order valence-electron chi connectivity index (χ4n) is 3.60. The maximum Gasteiger partial charge on any atom is 0.416 e. The van der Waals surface area contributed by atoms with Crippen molar-refractivity contribution in [1.82, 2.24) is 19.6 Å². The summed E-state index contributed by atoms with van der Waals surface area (Å²) in [7, 11) is 0. The van der Waals surface area contributed by atoms with Crippen molar-refractivity contribution in [2.24, 2.45) is 0 Å². The number of alkyl halides is 3. The molecule has 1 aliphatic heterocycles. The van der Waals surface area contributed by atoms with Gasteiger partial charge in [0.1, 0.15) is 6.26 Å². The summed E-state index contributed by atoms with van der Waals surface area (Å²) < 4.78 is 45.4. The highest BCUT2D eigenvalue weighted by molar-refractivity contribution is 5.95. The van der Waals surface area contributed by atoms with Gasteiger partial charge in [-0.05, 0) is 31.2 Å². The minimum absolute atomic E-state index is 0.0758. The fraction of sp³-hybridized carbons (Fsp3) is 0.273. The largest absolute Gasteiger partial charge is 0.472 e. The van der Waals surface area contributed by atoms with Gasteiger partial charge in [0.05, 0.1) is 23.1 Å². The van der Waals surface area contributed by atoms with Crippen LogP contribution in [0.25, 0.3) is 5.69 Å². The number of aryl methyl sites for hydroxylation is 1. The molecule has 172 valence electrons. The average Bonchev–Trinajstić information content (AvgIpc) is 3.33. The third-order valence-electron chi connectivity index (χ3n) is 5.35. The van der Waals surface area contributed by atoms with E-state index in [1.807, 2.05) is 0 Å². The molecule has 1 fully saturated rings. The molecule has 0 saturated carbocycles. The summed E-state index contributed by atoms with van der Waals surface area (Å²) in [5.74, 6) is -0.868. The predicted molar refractivity (Wildman–Crippen MR) is 110 cm³/mol. The molecule has 0 radical (unpaired) electrons. The molecule has 0 unspecified atom stereocenters. The van der Waals surface area contributed by atoms with E-state index in [0.717, 1.165) is 16.8 Å². The standard InChI is InChI=1S/C22H19F3N4O4/c1-14-11-18(30)19(26-29(14)17-4-2-3-16(12-17)22(23,24)25)21(32)28-8-6-27(7-9-28)20(31)15-5-10-33-13-15/h2-5,10-13H,6-9H2,1H3. The molecule has 0 bridgehead atoms. The summed E-state index contributed by atoms with van der Waals surface area (Å²) in [5, 5.41) is 4.09. The van der Waals surface area contributed by atoms with E-state index in [4.69, 9.17) is 4.42 Å². The van der Waals surface area contributed by atoms with Gasteiger partial charge in [-0.2, -0.15) is 18.3 Å². The van der Waals surface area contributed by atoms with Gasteiger partial charge < -0.3 is 14.2 Å². The van der Waals surface area contributed by atoms with Crippen molar-refractivity contribution in [3.8, 4) is 5.69 Å². The zero-order valence-corrected chi connectivity index (χ0v) is 17.5. The molecule has 8 nitrogen and oxygen atoms in total. The van der Waals surface area contributed by atoms with Crippen molar-refractivity contribution in [1.29, 1.82) is 0 Å². The first kappa shape index (κ1) is 22.3. The average molecular weight is 460 g/mol. The van der Waals surface area contributed by atoms with Crippen LogP contribution in [0.5, 0.6) is 0 Å². The number of hydrogen-bond donors (Lipinski definition) is 0. The molecule has 2 aromatic heterocycles. The maximum absolute atomic E-state index is 13.1.